The largest absolute Gasteiger partial charge is 0.399 e. The highest BCUT2D eigenvalue weighted by Crippen LogP contribution is 2.23. The number of rotatable bonds is 1. The van der Waals surface area contributed by atoms with Crippen molar-refractivity contribution in [2.45, 2.75) is 19.8 Å². The Labute approximate surface area is 103 Å². The van der Waals surface area contributed by atoms with E-state index in [4.69, 9.17) is 11.5 Å². The van der Waals surface area contributed by atoms with Crippen LogP contribution in [0.25, 0.3) is 0 Å². The van der Waals surface area contributed by atoms with Crippen LogP contribution in [0.5, 0.6) is 0 Å². The fraction of sp³-hybridized carbons (Fsp3) is 0.200. The summed E-state index contributed by atoms with van der Waals surface area (Å²) in [5, 5.41) is 0. The van der Waals surface area contributed by atoms with Gasteiger partial charge in [0.2, 0.25) is 0 Å². The quantitative estimate of drug-likeness (QED) is 0.732. The SMILES string of the molecule is CC(C)c1cc(N)ccc1N.c1ccccc1. The van der Waals surface area contributed by atoms with E-state index in [1.165, 1.54) is 0 Å². The van der Waals surface area contributed by atoms with Crippen molar-refractivity contribution >= 4 is 11.4 Å². The summed E-state index contributed by atoms with van der Waals surface area (Å²) in [6.45, 7) is 4.20. The molecule has 0 aliphatic carbocycles. The van der Waals surface area contributed by atoms with E-state index in [-0.39, 0.29) is 0 Å². The first-order chi connectivity index (χ1) is 8.11. The lowest BCUT2D eigenvalue weighted by Crippen LogP contribution is -1.97. The molecule has 17 heavy (non-hydrogen) atoms. The Hall–Kier alpha value is -1.96. The molecule has 0 aliphatic heterocycles. The minimum atomic E-state index is 0.443. The normalized spacial score (nSPS) is 9.59. The summed E-state index contributed by atoms with van der Waals surface area (Å²) in [7, 11) is 0. The van der Waals surface area contributed by atoms with Gasteiger partial charge in [-0.1, -0.05) is 50.2 Å². The van der Waals surface area contributed by atoms with Crippen molar-refractivity contribution in [2.24, 2.45) is 0 Å². The van der Waals surface area contributed by atoms with E-state index in [9.17, 15) is 0 Å². The zero-order chi connectivity index (χ0) is 12.7. The summed E-state index contributed by atoms with van der Waals surface area (Å²) in [4.78, 5) is 0. The zero-order valence-electron chi connectivity index (χ0n) is 10.4. The van der Waals surface area contributed by atoms with Crippen molar-refractivity contribution in [3.05, 3.63) is 60.2 Å². The maximum atomic E-state index is 5.73. The van der Waals surface area contributed by atoms with Gasteiger partial charge in [0.1, 0.15) is 0 Å². The van der Waals surface area contributed by atoms with Gasteiger partial charge >= 0.3 is 0 Å². The van der Waals surface area contributed by atoms with Crippen LogP contribution in [0.15, 0.2) is 54.6 Å². The van der Waals surface area contributed by atoms with Crippen LogP contribution >= 0.6 is 0 Å². The van der Waals surface area contributed by atoms with Gasteiger partial charge in [0, 0.05) is 11.4 Å². The second-order valence-corrected chi connectivity index (χ2v) is 4.20. The zero-order valence-corrected chi connectivity index (χ0v) is 10.4. The molecule has 4 N–H and O–H groups in total. The summed E-state index contributed by atoms with van der Waals surface area (Å²) < 4.78 is 0. The lowest BCUT2D eigenvalue weighted by Gasteiger charge is -2.09. The summed E-state index contributed by atoms with van der Waals surface area (Å²) >= 11 is 0. The van der Waals surface area contributed by atoms with Gasteiger partial charge in [0.15, 0.2) is 0 Å². The Morgan fingerprint density at radius 1 is 0.824 bits per heavy atom. The molecule has 2 nitrogen and oxygen atoms in total. The fourth-order valence-corrected chi connectivity index (χ4v) is 1.48. The van der Waals surface area contributed by atoms with Crippen molar-refractivity contribution < 1.29 is 0 Å². The third kappa shape index (κ3) is 4.60. The van der Waals surface area contributed by atoms with Crippen LogP contribution in [-0.2, 0) is 0 Å². The first-order valence-electron chi connectivity index (χ1n) is 5.76. The molecule has 0 atom stereocenters. The standard InChI is InChI=1S/C9H14N2.C6H6/c1-6(2)8-5-7(10)3-4-9(8)11;1-2-4-6-5-3-1/h3-6H,10-11H2,1-2H3;1-6H. The molecule has 0 heterocycles. The first-order valence-corrected chi connectivity index (χ1v) is 5.76. The van der Waals surface area contributed by atoms with Gasteiger partial charge in [0.05, 0.1) is 0 Å². The molecule has 0 aliphatic rings. The summed E-state index contributed by atoms with van der Waals surface area (Å²) in [6, 6.07) is 17.6. The van der Waals surface area contributed by atoms with Crippen LogP contribution in [0.3, 0.4) is 0 Å². The van der Waals surface area contributed by atoms with E-state index < -0.39 is 0 Å². The lowest BCUT2D eigenvalue weighted by atomic mass is 10.0. The predicted molar refractivity (Wildman–Crippen MR) is 75.8 cm³/mol. The van der Waals surface area contributed by atoms with Crippen LogP contribution in [0.2, 0.25) is 0 Å². The van der Waals surface area contributed by atoms with Crippen LogP contribution in [0.4, 0.5) is 11.4 Å². The highest BCUT2D eigenvalue weighted by Gasteiger charge is 2.02. The van der Waals surface area contributed by atoms with Crippen molar-refractivity contribution in [3.8, 4) is 0 Å². The Morgan fingerprint density at radius 2 is 1.29 bits per heavy atom. The fourth-order valence-electron chi connectivity index (χ4n) is 1.48. The summed E-state index contributed by atoms with van der Waals surface area (Å²) in [5.41, 5.74) is 14.1. The van der Waals surface area contributed by atoms with E-state index in [0.717, 1.165) is 16.9 Å². The van der Waals surface area contributed by atoms with Crippen molar-refractivity contribution in [1.82, 2.24) is 0 Å². The van der Waals surface area contributed by atoms with E-state index in [1.54, 1.807) is 0 Å². The van der Waals surface area contributed by atoms with E-state index in [0.29, 0.717) is 5.92 Å². The second kappa shape index (κ2) is 6.59. The third-order valence-corrected chi connectivity index (χ3v) is 2.40. The Balaban J connectivity index is 0.000000202. The number of nitrogen functional groups attached to an aromatic ring is 2. The molecule has 0 saturated heterocycles. The molecule has 0 saturated carbocycles. The highest BCUT2D eigenvalue weighted by atomic mass is 14.6. The van der Waals surface area contributed by atoms with Crippen LogP contribution < -0.4 is 11.5 Å². The van der Waals surface area contributed by atoms with Crippen molar-refractivity contribution in [2.75, 3.05) is 11.5 Å². The maximum Gasteiger partial charge on any atom is 0.0350 e. The molecule has 0 radical (unpaired) electrons. The van der Waals surface area contributed by atoms with Gasteiger partial charge in [0.25, 0.3) is 0 Å². The van der Waals surface area contributed by atoms with Gasteiger partial charge in [-0.25, -0.2) is 0 Å². The molecule has 2 aromatic rings. The molecule has 2 aromatic carbocycles. The van der Waals surface area contributed by atoms with Gasteiger partial charge < -0.3 is 11.5 Å². The maximum absolute atomic E-state index is 5.73. The monoisotopic (exact) mass is 228 g/mol. The second-order valence-electron chi connectivity index (χ2n) is 4.20. The van der Waals surface area contributed by atoms with Gasteiger partial charge in [-0.15, -0.1) is 0 Å². The molecule has 0 spiro atoms. The number of hydrogen-bond donors (Lipinski definition) is 2. The van der Waals surface area contributed by atoms with E-state index >= 15 is 0 Å². The average Bonchev–Trinajstić information content (AvgIpc) is 2.35. The molecule has 0 fully saturated rings. The molecular weight excluding hydrogens is 208 g/mol. The third-order valence-electron chi connectivity index (χ3n) is 2.40. The Morgan fingerprint density at radius 3 is 1.65 bits per heavy atom. The minimum Gasteiger partial charge on any atom is -0.399 e. The van der Waals surface area contributed by atoms with Gasteiger partial charge in [-0.05, 0) is 29.7 Å². The number of anilines is 2. The van der Waals surface area contributed by atoms with Crippen molar-refractivity contribution in [1.29, 1.82) is 0 Å². The molecular formula is C15H20N2. The average molecular weight is 228 g/mol. The molecule has 0 aromatic heterocycles. The minimum absolute atomic E-state index is 0.443. The van der Waals surface area contributed by atoms with Gasteiger partial charge in [-0.3, -0.25) is 0 Å². The smallest absolute Gasteiger partial charge is 0.0350 e. The molecule has 2 heteroatoms. The molecule has 90 valence electrons. The van der Waals surface area contributed by atoms with Crippen LogP contribution in [0, 0.1) is 0 Å². The van der Waals surface area contributed by atoms with Gasteiger partial charge in [-0.2, -0.15) is 0 Å². The number of nitrogens with two attached hydrogens (primary N) is 2. The first kappa shape index (κ1) is 13.1. The van der Waals surface area contributed by atoms with E-state index in [1.807, 2.05) is 54.6 Å². The molecule has 0 bridgehead atoms. The summed E-state index contributed by atoms with van der Waals surface area (Å²) in [6.07, 6.45) is 0. The Bertz CT molecular complexity index is 409. The molecule has 0 unspecified atom stereocenters. The summed E-state index contributed by atoms with van der Waals surface area (Å²) in [5.74, 6) is 0.443. The molecule has 2 rings (SSSR count). The number of hydrogen-bond acceptors (Lipinski definition) is 2. The van der Waals surface area contributed by atoms with Crippen molar-refractivity contribution in [3.63, 3.8) is 0 Å². The highest BCUT2D eigenvalue weighted by molar-refractivity contribution is 5.56. The number of benzene rings is 2. The van der Waals surface area contributed by atoms with Crippen LogP contribution in [0.1, 0.15) is 25.3 Å². The van der Waals surface area contributed by atoms with Crippen LogP contribution in [-0.4, -0.2) is 0 Å². The molecule has 0 amide bonds. The Kier molecular flexibility index (Phi) is 5.08. The van der Waals surface area contributed by atoms with E-state index in [2.05, 4.69) is 13.8 Å². The predicted octanol–water partition coefficient (Wildman–Crippen LogP) is 3.66. The topological polar surface area (TPSA) is 52.0 Å². The lowest BCUT2D eigenvalue weighted by molar-refractivity contribution is 0.870.